The van der Waals surface area contributed by atoms with Gasteiger partial charge in [-0.3, -0.25) is 0 Å². The maximum atomic E-state index is 11.9. The Morgan fingerprint density at radius 2 is 1.80 bits per heavy atom. The molecule has 0 saturated heterocycles. The molecule has 0 aliphatic rings. The maximum absolute atomic E-state index is 11.9. The highest BCUT2D eigenvalue weighted by Crippen LogP contribution is 2.19. The zero-order chi connectivity index (χ0) is 12.1. The van der Waals surface area contributed by atoms with Gasteiger partial charge < -0.3 is 15.5 Å². The molecule has 0 fully saturated rings. The molecule has 3 N–H and O–H groups in total. The molecule has 2 atom stereocenters. The van der Waals surface area contributed by atoms with Crippen molar-refractivity contribution in [1.29, 1.82) is 0 Å². The first-order valence-corrected chi connectivity index (χ1v) is 4.86. The number of hydrogen-bond donors (Lipinski definition) is 3. The number of aliphatic hydroxyl groups excluding tert-OH is 2. The Morgan fingerprint density at radius 3 is 2.13 bits per heavy atom. The van der Waals surface area contributed by atoms with Gasteiger partial charge in [0.05, 0.1) is 6.61 Å². The fourth-order valence-corrected chi connectivity index (χ4v) is 1.19. The molecule has 15 heavy (non-hydrogen) atoms. The van der Waals surface area contributed by atoms with E-state index in [9.17, 15) is 13.2 Å². The van der Waals surface area contributed by atoms with E-state index in [0.717, 1.165) is 0 Å². The van der Waals surface area contributed by atoms with E-state index in [4.69, 9.17) is 10.2 Å². The fraction of sp³-hybridized carbons (Fsp3) is 1.00. The molecule has 3 nitrogen and oxygen atoms in total. The molecule has 0 saturated carbocycles. The van der Waals surface area contributed by atoms with Crippen LogP contribution in [-0.2, 0) is 0 Å². The maximum Gasteiger partial charge on any atom is 0.415 e. The van der Waals surface area contributed by atoms with Gasteiger partial charge in [-0.2, -0.15) is 13.2 Å². The first-order chi connectivity index (χ1) is 6.77. The monoisotopic (exact) mass is 229 g/mol. The highest BCUT2D eigenvalue weighted by molar-refractivity contribution is 4.73. The number of halogens is 3. The molecule has 6 heteroatoms. The SMILES string of the molecule is CC(C)CC(CO)NCC(O)C(F)(F)F. The molecule has 2 unspecified atom stereocenters. The van der Waals surface area contributed by atoms with Crippen molar-refractivity contribution in [3.63, 3.8) is 0 Å². The number of alkyl halides is 3. The van der Waals surface area contributed by atoms with Gasteiger partial charge in [0.25, 0.3) is 0 Å². The lowest BCUT2D eigenvalue weighted by atomic mass is 10.0. The summed E-state index contributed by atoms with van der Waals surface area (Å²) in [6.45, 7) is 3.00. The highest BCUT2D eigenvalue weighted by Gasteiger charge is 2.38. The Hall–Kier alpha value is -0.330. The van der Waals surface area contributed by atoms with Gasteiger partial charge in [0.15, 0.2) is 6.10 Å². The van der Waals surface area contributed by atoms with Gasteiger partial charge in [0.2, 0.25) is 0 Å². The predicted octanol–water partition coefficient (Wildman–Crippen LogP) is 0.906. The molecular formula is C9H18F3NO2. The van der Waals surface area contributed by atoms with Crippen LogP contribution in [0.5, 0.6) is 0 Å². The van der Waals surface area contributed by atoms with Crippen LogP contribution in [0.2, 0.25) is 0 Å². The summed E-state index contributed by atoms with van der Waals surface area (Å²) >= 11 is 0. The van der Waals surface area contributed by atoms with Crippen molar-refractivity contribution in [2.75, 3.05) is 13.2 Å². The van der Waals surface area contributed by atoms with Gasteiger partial charge in [-0.05, 0) is 12.3 Å². The second-order valence-corrected chi connectivity index (χ2v) is 3.97. The lowest BCUT2D eigenvalue weighted by Gasteiger charge is -2.21. The zero-order valence-electron chi connectivity index (χ0n) is 8.88. The summed E-state index contributed by atoms with van der Waals surface area (Å²) in [4.78, 5) is 0. The summed E-state index contributed by atoms with van der Waals surface area (Å²) < 4.78 is 35.7. The summed E-state index contributed by atoms with van der Waals surface area (Å²) in [6.07, 6.45) is -6.41. The summed E-state index contributed by atoms with van der Waals surface area (Å²) in [6, 6.07) is -0.401. The van der Waals surface area contributed by atoms with E-state index >= 15 is 0 Å². The molecule has 0 amide bonds. The first kappa shape index (κ1) is 14.7. The van der Waals surface area contributed by atoms with E-state index in [1.165, 1.54) is 0 Å². The van der Waals surface area contributed by atoms with Crippen LogP contribution in [0.4, 0.5) is 13.2 Å². The van der Waals surface area contributed by atoms with Crippen LogP contribution in [0, 0.1) is 5.92 Å². The number of rotatable bonds is 6. The Balaban J connectivity index is 3.90. The largest absolute Gasteiger partial charge is 0.415 e. The average molecular weight is 229 g/mol. The number of nitrogens with one attached hydrogen (secondary N) is 1. The van der Waals surface area contributed by atoms with Crippen LogP contribution in [0.15, 0.2) is 0 Å². The van der Waals surface area contributed by atoms with Crippen LogP contribution in [0.3, 0.4) is 0 Å². The molecule has 0 bridgehead atoms. The molecule has 0 aliphatic carbocycles. The first-order valence-electron chi connectivity index (χ1n) is 4.86. The molecule has 0 rings (SSSR count). The van der Waals surface area contributed by atoms with Gasteiger partial charge in [0, 0.05) is 12.6 Å². The Labute approximate surface area is 87.3 Å². The van der Waals surface area contributed by atoms with Crippen molar-refractivity contribution in [1.82, 2.24) is 5.32 Å². The predicted molar refractivity (Wildman–Crippen MR) is 50.4 cm³/mol. The molecule has 0 heterocycles. The molecular weight excluding hydrogens is 211 g/mol. The van der Waals surface area contributed by atoms with Crippen LogP contribution >= 0.6 is 0 Å². The quantitative estimate of drug-likeness (QED) is 0.634. The third-order valence-electron chi connectivity index (χ3n) is 1.95. The van der Waals surface area contributed by atoms with Crippen molar-refractivity contribution in [2.45, 2.75) is 38.6 Å². The van der Waals surface area contributed by atoms with E-state index in [2.05, 4.69) is 5.32 Å². The molecule has 0 aliphatic heterocycles. The van der Waals surface area contributed by atoms with Crippen molar-refractivity contribution in [2.24, 2.45) is 5.92 Å². The molecule has 0 aromatic rings. The third-order valence-corrected chi connectivity index (χ3v) is 1.95. The Kier molecular flexibility index (Phi) is 6.16. The number of hydrogen-bond acceptors (Lipinski definition) is 3. The fourth-order valence-electron chi connectivity index (χ4n) is 1.19. The highest BCUT2D eigenvalue weighted by atomic mass is 19.4. The lowest BCUT2D eigenvalue weighted by Crippen LogP contribution is -2.44. The summed E-state index contributed by atoms with van der Waals surface area (Å²) in [7, 11) is 0. The molecule has 0 aromatic heterocycles. The Bertz CT molecular complexity index is 173. The molecule has 0 aromatic carbocycles. The minimum absolute atomic E-state index is 0.233. The van der Waals surface area contributed by atoms with Crippen molar-refractivity contribution in [3.05, 3.63) is 0 Å². The van der Waals surface area contributed by atoms with Gasteiger partial charge in [-0.25, -0.2) is 0 Å². The minimum atomic E-state index is -4.61. The molecule has 0 spiro atoms. The number of aliphatic hydroxyl groups is 2. The van der Waals surface area contributed by atoms with Gasteiger partial charge in [-0.1, -0.05) is 13.8 Å². The average Bonchev–Trinajstić information content (AvgIpc) is 2.09. The van der Waals surface area contributed by atoms with Gasteiger partial charge >= 0.3 is 6.18 Å². The van der Waals surface area contributed by atoms with Crippen molar-refractivity contribution >= 4 is 0 Å². The van der Waals surface area contributed by atoms with E-state index in [-0.39, 0.29) is 12.5 Å². The zero-order valence-corrected chi connectivity index (χ0v) is 8.88. The topological polar surface area (TPSA) is 52.5 Å². The van der Waals surface area contributed by atoms with Gasteiger partial charge in [0.1, 0.15) is 0 Å². The summed E-state index contributed by atoms with van der Waals surface area (Å²) in [5, 5.41) is 20.0. The van der Waals surface area contributed by atoms with Crippen LogP contribution < -0.4 is 5.32 Å². The second kappa shape index (κ2) is 6.30. The lowest BCUT2D eigenvalue weighted by molar-refractivity contribution is -0.202. The van der Waals surface area contributed by atoms with Gasteiger partial charge in [-0.15, -0.1) is 0 Å². The van der Waals surface area contributed by atoms with Crippen molar-refractivity contribution in [3.8, 4) is 0 Å². The third kappa shape index (κ3) is 6.70. The van der Waals surface area contributed by atoms with E-state index in [1.54, 1.807) is 0 Å². The molecule has 92 valence electrons. The van der Waals surface area contributed by atoms with Crippen LogP contribution in [0.25, 0.3) is 0 Å². The van der Waals surface area contributed by atoms with E-state index in [0.29, 0.717) is 6.42 Å². The van der Waals surface area contributed by atoms with Crippen molar-refractivity contribution < 1.29 is 23.4 Å². The van der Waals surface area contributed by atoms with E-state index in [1.807, 2.05) is 13.8 Å². The standard InChI is InChI=1S/C9H18F3NO2/c1-6(2)3-7(5-14)13-4-8(15)9(10,11)12/h6-8,13-15H,3-5H2,1-2H3. The van der Waals surface area contributed by atoms with E-state index < -0.39 is 24.9 Å². The summed E-state index contributed by atoms with van der Waals surface area (Å²) in [5.41, 5.74) is 0. The minimum Gasteiger partial charge on any atom is -0.395 e. The normalized spacial score (nSPS) is 16.8. The van der Waals surface area contributed by atoms with Crippen LogP contribution in [0.1, 0.15) is 20.3 Å². The second-order valence-electron chi connectivity index (χ2n) is 3.97. The summed E-state index contributed by atoms with van der Waals surface area (Å²) in [5.74, 6) is 0.276. The van der Waals surface area contributed by atoms with Crippen LogP contribution in [-0.4, -0.2) is 41.7 Å². The Morgan fingerprint density at radius 1 is 1.27 bits per heavy atom. The smallest absolute Gasteiger partial charge is 0.395 e. The molecule has 0 radical (unpaired) electrons.